The molecular formula is C28H48O4. The van der Waals surface area contributed by atoms with Gasteiger partial charge in [-0.1, -0.05) is 93.9 Å². The highest BCUT2D eigenvalue weighted by Gasteiger charge is 2.29. The predicted molar refractivity (Wildman–Crippen MR) is 134 cm³/mol. The normalized spacial score (nSPS) is 13.1. The van der Waals surface area contributed by atoms with E-state index in [1.54, 1.807) is 0 Å². The highest BCUT2D eigenvalue weighted by atomic mass is 16.5. The van der Waals surface area contributed by atoms with Gasteiger partial charge in [-0.2, -0.15) is 0 Å². The summed E-state index contributed by atoms with van der Waals surface area (Å²) in [6.45, 7) is 17.9. The van der Waals surface area contributed by atoms with Crippen molar-refractivity contribution >= 4 is 5.97 Å². The van der Waals surface area contributed by atoms with Gasteiger partial charge in [0.2, 0.25) is 0 Å². The Bertz CT molecular complexity index is 695. The van der Waals surface area contributed by atoms with E-state index in [4.69, 9.17) is 9.47 Å². The molecule has 0 spiro atoms. The summed E-state index contributed by atoms with van der Waals surface area (Å²) in [6, 6.07) is 4.12. The Morgan fingerprint density at radius 3 is 1.84 bits per heavy atom. The average Bonchev–Trinajstić information content (AvgIpc) is 2.68. The molecule has 0 radical (unpaired) electrons. The van der Waals surface area contributed by atoms with E-state index in [-0.39, 0.29) is 10.8 Å². The van der Waals surface area contributed by atoms with Crippen LogP contribution in [0.1, 0.15) is 124 Å². The minimum absolute atomic E-state index is 0.146. The van der Waals surface area contributed by atoms with Crippen LogP contribution in [0, 0.1) is 0 Å². The molecule has 0 bridgehead atoms. The Labute approximate surface area is 197 Å². The quantitative estimate of drug-likeness (QED) is 0.293. The van der Waals surface area contributed by atoms with Crippen LogP contribution in [-0.4, -0.2) is 23.8 Å². The lowest BCUT2D eigenvalue weighted by Crippen LogP contribution is -2.29. The minimum atomic E-state index is -0.904. The van der Waals surface area contributed by atoms with Gasteiger partial charge in [-0.3, -0.25) is 0 Å². The van der Waals surface area contributed by atoms with Crippen molar-refractivity contribution in [1.29, 1.82) is 0 Å². The van der Waals surface area contributed by atoms with Gasteiger partial charge in [0.15, 0.2) is 6.10 Å². The van der Waals surface area contributed by atoms with Crippen molar-refractivity contribution in [1.82, 2.24) is 0 Å². The number of carbonyl (C=O) groups is 1. The Kier molecular flexibility index (Phi) is 11.6. The number of hydrogen-bond donors (Lipinski definition) is 1. The molecule has 4 heteroatoms. The maximum absolute atomic E-state index is 11.8. The summed E-state index contributed by atoms with van der Waals surface area (Å²) in [5.41, 5.74) is 1.71. The molecule has 0 aromatic heterocycles. The van der Waals surface area contributed by atoms with Crippen molar-refractivity contribution < 1.29 is 19.4 Å². The lowest BCUT2D eigenvalue weighted by Gasteiger charge is -2.30. The fraction of sp³-hybridized carbons (Fsp3) is 0.750. The lowest BCUT2D eigenvalue weighted by atomic mass is 9.80. The van der Waals surface area contributed by atoms with E-state index in [0.717, 1.165) is 36.1 Å². The van der Waals surface area contributed by atoms with Crippen molar-refractivity contribution in [3.05, 3.63) is 23.3 Å². The molecule has 0 heterocycles. The summed E-state index contributed by atoms with van der Waals surface area (Å²) in [7, 11) is 0. The molecule has 1 rings (SSSR count). The monoisotopic (exact) mass is 448 g/mol. The first-order valence-corrected chi connectivity index (χ1v) is 12.6. The van der Waals surface area contributed by atoms with Gasteiger partial charge < -0.3 is 14.6 Å². The van der Waals surface area contributed by atoms with Crippen LogP contribution in [0.15, 0.2) is 12.1 Å². The molecule has 0 fully saturated rings. The van der Waals surface area contributed by atoms with Crippen LogP contribution in [0.4, 0.5) is 0 Å². The SMILES string of the molecule is CCCCCCCCOc1cc(C(C)(C)C)c(OC(CCCC)C(=O)O)cc1C(C)(C)C. The van der Waals surface area contributed by atoms with Crippen LogP contribution >= 0.6 is 0 Å². The molecule has 184 valence electrons. The second-order valence-electron chi connectivity index (χ2n) is 11.0. The maximum atomic E-state index is 11.8. The van der Waals surface area contributed by atoms with Gasteiger partial charge in [0.05, 0.1) is 6.61 Å². The van der Waals surface area contributed by atoms with Crippen LogP contribution in [0.2, 0.25) is 0 Å². The molecule has 0 aliphatic heterocycles. The highest BCUT2D eigenvalue weighted by Crippen LogP contribution is 2.42. The van der Waals surface area contributed by atoms with E-state index in [0.29, 0.717) is 18.8 Å². The number of hydrogen-bond acceptors (Lipinski definition) is 3. The zero-order valence-corrected chi connectivity index (χ0v) is 22.0. The number of benzene rings is 1. The Morgan fingerprint density at radius 2 is 1.31 bits per heavy atom. The van der Waals surface area contributed by atoms with E-state index < -0.39 is 12.1 Å². The van der Waals surface area contributed by atoms with E-state index >= 15 is 0 Å². The van der Waals surface area contributed by atoms with Crippen molar-refractivity contribution in [2.45, 2.75) is 130 Å². The minimum Gasteiger partial charge on any atom is -0.493 e. The largest absolute Gasteiger partial charge is 0.493 e. The van der Waals surface area contributed by atoms with Crippen molar-refractivity contribution in [3.8, 4) is 11.5 Å². The smallest absolute Gasteiger partial charge is 0.344 e. The van der Waals surface area contributed by atoms with Crippen molar-refractivity contribution in [3.63, 3.8) is 0 Å². The van der Waals surface area contributed by atoms with Crippen molar-refractivity contribution in [2.24, 2.45) is 0 Å². The fourth-order valence-electron chi connectivity index (χ4n) is 3.79. The maximum Gasteiger partial charge on any atom is 0.344 e. The van der Waals surface area contributed by atoms with Gasteiger partial charge in [0.1, 0.15) is 11.5 Å². The summed E-state index contributed by atoms with van der Waals surface area (Å²) >= 11 is 0. The van der Waals surface area contributed by atoms with Crippen LogP contribution < -0.4 is 9.47 Å². The molecular weight excluding hydrogens is 400 g/mol. The summed E-state index contributed by atoms with van der Waals surface area (Å²) in [4.78, 5) is 11.8. The van der Waals surface area contributed by atoms with E-state index in [9.17, 15) is 9.90 Å². The molecule has 1 N–H and O–H groups in total. The lowest BCUT2D eigenvalue weighted by molar-refractivity contribution is -0.145. The zero-order chi connectivity index (χ0) is 24.4. The molecule has 0 saturated carbocycles. The molecule has 0 aliphatic carbocycles. The Balaban J connectivity index is 3.19. The topological polar surface area (TPSA) is 55.8 Å². The molecule has 4 nitrogen and oxygen atoms in total. The van der Waals surface area contributed by atoms with Gasteiger partial charge in [0.25, 0.3) is 0 Å². The van der Waals surface area contributed by atoms with Crippen LogP contribution in [-0.2, 0) is 15.6 Å². The second kappa shape index (κ2) is 13.1. The van der Waals surface area contributed by atoms with Crippen LogP contribution in [0.3, 0.4) is 0 Å². The second-order valence-corrected chi connectivity index (χ2v) is 11.0. The van der Waals surface area contributed by atoms with Crippen molar-refractivity contribution in [2.75, 3.05) is 6.61 Å². The van der Waals surface area contributed by atoms with Crippen LogP contribution in [0.5, 0.6) is 11.5 Å². The molecule has 1 unspecified atom stereocenters. The van der Waals surface area contributed by atoms with E-state index in [2.05, 4.69) is 61.5 Å². The number of carboxylic acid groups (broad SMARTS) is 1. The summed E-state index contributed by atoms with van der Waals surface area (Å²) in [5, 5.41) is 9.71. The van der Waals surface area contributed by atoms with Gasteiger partial charge in [-0.05, 0) is 42.2 Å². The van der Waals surface area contributed by atoms with E-state index in [1.165, 1.54) is 32.1 Å². The first kappa shape index (κ1) is 28.3. The van der Waals surface area contributed by atoms with Crippen LogP contribution in [0.25, 0.3) is 0 Å². The first-order chi connectivity index (χ1) is 14.9. The van der Waals surface area contributed by atoms with E-state index in [1.807, 2.05) is 6.07 Å². The number of aliphatic carboxylic acids is 1. The highest BCUT2D eigenvalue weighted by molar-refractivity contribution is 5.73. The third-order valence-corrected chi connectivity index (χ3v) is 5.82. The predicted octanol–water partition coefficient (Wildman–Crippen LogP) is 8.04. The number of unbranched alkanes of at least 4 members (excludes halogenated alkanes) is 6. The average molecular weight is 449 g/mol. The third-order valence-electron chi connectivity index (χ3n) is 5.82. The molecule has 0 saturated heterocycles. The summed E-state index contributed by atoms with van der Waals surface area (Å²) < 4.78 is 12.5. The van der Waals surface area contributed by atoms with Gasteiger partial charge in [0, 0.05) is 11.1 Å². The summed E-state index contributed by atoms with van der Waals surface area (Å²) in [6.07, 6.45) is 8.81. The molecule has 1 aromatic carbocycles. The molecule has 0 amide bonds. The summed E-state index contributed by atoms with van der Waals surface area (Å²) in [5.74, 6) is 0.653. The molecule has 1 atom stereocenters. The number of ether oxygens (including phenoxy) is 2. The zero-order valence-electron chi connectivity index (χ0n) is 22.0. The fourth-order valence-corrected chi connectivity index (χ4v) is 3.79. The van der Waals surface area contributed by atoms with Gasteiger partial charge >= 0.3 is 5.97 Å². The Morgan fingerprint density at radius 1 is 0.812 bits per heavy atom. The first-order valence-electron chi connectivity index (χ1n) is 12.6. The molecule has 0 aliphatic rings. The van der Waals surface area contributed by atoms with Gasteiger partial charge in [-0.15, -0.1) is 0 Å². The third kappa shape index (κ3) is 9.42. The number of rotatable bonds is 14. The molecule has 1 aromatic rings. The Hall–Kier alpha value is -1.71. The van der Waals surface area contributed by atoms with Gasteiger partial charge in [-0.25, -0.2) is 4.79 Å². The number of carboxylic acids is 1. The standard InChI is InChI=1S/C28H48O4/c1-9-11-13-14-15-16-18-31-24-19-22(28(6,7)8)25(20-21(24)27(3,4)5)32-23(26(29)30)17-12-10-2/h19-20,23H,9-18H2,1-8H3,(H,29,30). The molecule has 32 heavy (non-hydrogen) atoms.